The van der Waals surface area contributed by atoms with Gasteiger partial charge in [-0.25, -0.2) is 4.52 Å². The van der Waals surface area contributed by atoms with Crippen LogP contribution in [0.15, 0.2) is 23.3 Å². The van der Waals surface area contributed by atoms with E-state index >= 15 is 0 Å². The lowest BCUT2D eigenvalue weighted by Crippen LogP contribution is -2.41. The molecule has 5 heteroatoms. The number of hydrogen-bond donors (Lipinski definition) is 1. The molecule has 0 radical (unpaired) electrons. The number of aromatic nitrogens is 3. The van der Waals surface area contributed by atoms with Crippen molar-refractivity contribution in [3.8, 4) is 0 Å². The molecule has 2 aromatic heterocycles. The standard InChI is InChI=1S/C16H26N4O/c1-5-7-17-14(12(3)6-2)11-19-8-9-20-15(16(19)21)10-13(4)18-20/h8-10,12,14,17H,5-7,11H2,1-4H3. The van der Waals surface area contributed by atoms with E-state index in [0.717, 1.165) is 25.1 Å². The van der Waals surface area contributed by atoms with Crippen LogP contribution in [0.3, 0.4) is 0 Å². The van der Waals surface area contributed by atoms with Crippen LogP contribution in [0.1, 0.15) is 39.3 Å². The summed E-state index contributed by atoms with van der Waals surface area (Å²) in [6, 6.07) is 2.16. The Morgan fingerprint density at radius 2 is 2.10 bits per heavy atom. The van der Waals surface area contributed by atoms with Crippen LogP contribution in [0, 0.1) is 12.8 Å². The first-order valence-electron chi connectivity index (χ1n) is 7.85. The van der Waals surface area contributed by atoms with Crippen LogP contribution in [-0.2, 0) is 6.54 Å². The minimum Gasteiger partial charge on any atom is -0.312 e. The zero-order valence-corrected chi connectivity index (χ0v) is 13.5. The van der Waals surface area contributed by atoms with Gasteiger partial charge in [0, 0.05) is 25.0 Å². The summed E-state index contributed by atoms with van der Waals surface area (Å²) in [5, 5.41) is 7.85. The fourth-order valence-electron chi connectivity index (χ4n) is 2.56. The molecule has 1 N–H and O–H groups in total. The summed E-state index contributed by atoms with van der Waals surface area (Å²) in [5.74, 6) is 0.534. The van der Waals surface area contributed by atoms with Gasteiger partial charge in [-0.3, -0.25) is 4.79 Å². The molecular weight excluding hydrogens is 264 g/mol. The molecule has 0 saturated heterocycles. The Morgan fingerprint density at radius 1 is 1.33 bits per heavy atom. The molecule has 2 rings (SSSR count). The van der Waals surface area contributed by atoms with Crippen molar-refractivity contribution in [2.24, 2.45) is 5.92 Å². The molecule has 2 atom stereocenters. The van der Waals surface area contributed by atoms with Crippen LogP contribution in [0.25, 0.3) is 5.52 Å². The van der Waals surface area contributed by atoms with E-state index < -0.39 is 0 Å². The predicted molar refractivity (Wildman–Crippen MR) is 85.7 cm³/mol. The molecule has 116 valence electrons. The summed E-state index contributed by atoms with van der Waals surface area (Å²) in [6.07, 6.45) is 5.90. The normalized spacial score (nSPS) is 14.5. The third-order valence-corrected chi connectivity index (χ3v) is 4.11. The molecule has 0 spiro atoms. The fraction of sp³-hybridized carbons (Fsp3) is 0.625. The highest BCUT2D eigenvalue weighted by molar-refractivity contribution is 5.44. The lowest BCUT2D eigenvalue weighted by Gasteiger charge is -2.25. The monoisotopic (exact) mass is 290 g/mol. The van der Waals surface area contributed by atoms with Gasteiger partial charge in [0.1, 0.15) is 5.52 Å². The van der Waals surface area contributed by atoms with Gasteiger partial charge in [-0.1, -0.05) is 27.2 Å². The maximum absolute atomic E-state index is 12.5. The van der Waals surface area contributed by atoms with E-state index in [1.165, 1.54) is 0 Å². The molecule has 0 amide bonds. The van der Waals surface area contributed by atoms with Gasteiger partial charge in [0.2, 0.25) is 0 Å². The lowest BCUT2D eigenvalue weighted by atomic mass is 9.99. The zero-order chi connectivity index (χ0) is 15.4. The number of aryl methyl sites for hydroxylation is 1. The average Bonchev–Trinajstić information content (AvgIpc) is 2.86. The molecule has 0 aliphatic heterocycles. The van der Waals surface area contributed by atoms with Gasteiger partial charge in [0.15, 0.2) is 0 Å². The quantitative estimate of drug-likeness (QED) is 0.850. The third-order valence-electron chi connectivity index (χ3n) is 4.11. The molecule has 2 aromatic rings. The van der Waals surface area contributed by atoms with Crippen molar-refractivity contribution < 1.29 is 0 Å². The van der Waals surface area contributed by atoms with E-state index in [1.54, 1.807) is 9.08 Å². The summed E-state index contributed by atoms with van der Waals surface area (Å²) in [5.41, 5.74) is 1.55. The predicted octanol–water partition coefficient (Wildman–Crippen LogP) is 2.22. The maximum Gasteiger partial charge on any atom is 0.276 e. The molecule has 0 aliphatic carbocycles. The molecule has 0 bridgehead atoms. The summed E-state index contributed by atoms with van der Waals surface area (Å²) in [7, 11) is 0. The van der Waals surface area contributed by atoms with Crippen molar-refractivity contribution in [1.29, 1.82) is 0 Å². The molecular formula is C16H26N4O. The van der Waals surface area contributed by atoms with Crippen LogP contribution in [0.5, 0.6) is 0 Å². The van der Waals surface area contributed by atoms with Gasteiger partial charge in [-0.15, -0.1) is 0 Å². The van der Waals surface area contributed by atoms with Crippen molar-refractivity contribution >= 4 is 5.52 Å². The van der Waals surface area contributed by atoms with Crippen LogP contribution in [0.4, 0.5) is 0 Å². The molecule has 5 nitrogen and oxygen atoms in total. The second-order valence-corrected chi connectivity index (χ2v) is 5.82. The smallest absolute Gasteiger partial charge is 0.276 e. The van der Waals surface area contributed by atoms with Crippen molar-refractivity contribution in [3.05, 3.63) is 34.5 Å². The van der Waals surface area contributed by atoms with Crippen LogP contribution < -0.4 is 10.9 Å². The molecule has 21 heavy (non-hydrogen) atoms. The Labute approximate surface area is 126 Å². The Kier molecular flexibility index (Phi) is 5.17. The number of rotatable bonds is 7. The third kappa shape index (κ3) is 3.53. The van der Waals surface area contributed by atoms with E-state index in [2.05, 4.69) is 31.2 Å². The number of hydrogen-bond acceptors (Lipinski definition) is 3. The fourth-order valence-corrected chi connectivity index (χ4v) is 2.56. The average molecular weight is 290 g/mol. The number of nitrogens with one attached hydrogen (secondary N) is 1. The molecule has 0 fully saturated rings. The van der Waals surface area contributed by atoms with Crippen LogP contribution >= 0.6 is 0 Å². The van der Waals surface area contributed by atoms with E-state index in [0.29, 0.717) is 24.0 Å². The molecule has 0 aromatic carbocycles. The Morgan fingerprint density at radius 3 is 2.76 bits per heavy atom. The van der Waals surface area contributed by atoms with Gasteiger partial charge < -0.3 is 9.88 Å². The summed E-state index contributed by atoms with van der Waals surface area (Å²) >= 11 is 0. The minimum absolute atomic E-state index is 0.0321. The van der Waals surface area contributed by atoms with Crippen molar-refractivity contribution in [3.63, 3.8) is 0 Å². The van der Waals surface area contributed by atoms with E-state index in [4.69, 9.17) is 0 Å². The summed E-state index contributed by atoms with van der Waals surface area (Å²) < 4.78 is 3.46. The van der Waals surface area contributed by atoms with Gasteiger partial charge in [0.05, 0.1) is 5.69 Å². The van der Waals surface area contributed by atoms with Crippen LogP contribution in [0.2, 0.25) is 0 Å². The second-order valence-electron chi connectivity index (χ2n) is 5.82. The Hall–Kier alpha value is -1.62. The highest BCUT2D eigenvalue weighted by Gasteiger charge is 2.17. The first kappa shape index (κ1) is 15.8. The highest BCUT2D eigenvalue weighted by atomic mass is 16.1. The Balaban J connectivity index is 2.27. The topological polar surface area (TPSA) is 51.3 Å². The van der Waals surface area contributed by atoms with Gasteiger partial charge in [-0.2, -0.15) is 5.10 Å². The van der Waals surface area contributed by atoms with Crippen molar-refractivity contribution in [1.82, 2.24) is 19.5 Å². The van der Waals surface area contributed by atoms with Crippen molar-refractivity contribution in [2.45, 2.75) is 53.1 Å². The molecule has 2 heterocycles. The number of fused-ring (bicyclic) bond motifs is 1. The first-order valence-corrected chi connectivity index (χ1v) is 7.85. The zero-order valence-electron chi connectivity index (χ0n) is 13.5. The Bertz CT molecular complexity index is 643. The van der Waals surface area contributed by atoms with Gasteiger partial charge in [0.25, 0.3) is 5.56 Å². The summed E-state index contributed by atoms with van der Waals surface area (Å²) in [6.45, 7) is 10.2. The lowest BCUT2D eigenvalue weighted by molar-refractivity contribution is 0.327. The van der Waals surface area contributed by atoms with E-state index in [1.807, 2.05) is 25.4 Å². The summed E-state index contributed by atoms with van der Waals surface area (Å²) in [4.78, 5) is 12.5. The molecule has 0 aliphatic rings. The van der Waals surface area contributed by atoms with Gasteiger partial charge in [-0.05, 0) is 31.9 Å². The maximum atomic E-state index is 12.5. The SMILES string of the molecule is CCCNC(Cn1ccn2nc(C)cc2c1=O)C(C)CC. The first-order chi connectivity index (χ1) is 10.1. The van der Waals surface area contributed by atoms with E-state index in [-0.39, 0.29) is 5.56 Å². The highest BCUT2D eigenvalue weighted by Crippen LogP contribution is 2.10. The van der Waals surface area contributed by atoms with Crippen molar-refractivity contribution in [2.75, 3.05) is 6.54 Å². The molecule has 0 saturated carbocycles. The molecule has 2 unspecified atom stereocenters. The second kappa shape index (κ2) is 6.89. The van der Waals surface area contributed by atoms with Gasteiger partial charge >= 0.3 is 0 Å². The number of nitrogens with zero attached hydrogens (tertiary/aromatic N) is 3. The largest absolute Gasteiger partial charge is 0.312 e. The van der Waals surface area contributed by atoms with Crippen LogP contribution in [-0.4, -0.2) is 26.8 Å². The van der Waals surface area contributed by atoms with E-state index in [9.17, 15) is 4.79 Å². The minimum atomic E-state index is 0.0321.